The number of aliphatic imine (C=N–C) groups is 1. The van der Waals surface area contributed by atoms with Crippen molar-refractivity contribution in [1.82, 2.24) is 5.32 Å². The quantitative estimate of drug-likeness (QED) is 0.675. The minimum Gasteiger partial charge on any atom is -0.366 e. The van der Waals surface area contributed by atoms with Gasteiger partial charge in [-0.15, -0.1) is 0 Å². The fourth-order valence-corrected chi connectivity index (χ4v) is 3.90. The summed E-state index contributed by atoms with van der Waals surface area (Å²) in [7, 11) is 0. The van der Waals surface area contributed by atoms with E-state index in [4.69, 9.17) is 17.3 Å². The zero-order chi connectivity index (χ0) is 21.0. The van der Waals surface area contributed by atoms with Gasteiger partial charge in [-0.05, 0) is 37.1 Å². The number of allylic oxidation sites excluding steroid dienone is 1. The standard InChI is InChI=1S/C21H21ClN4O2S/c1-12-15(22)9-6-10-16(12)25-17(27)11-29-21-24-13(2)18(20(23)28)19(26-21)14-7-4-3-5-8-14/h3-10,19H,11H2,1-2H3,(H2,23,28)(H,24,26)(H,25,27)/t19-/m1/s1. The number of nitrogens with one attached hydrogen (secondary N) is 2. The van der Waals surface area contributed by atoms with Gasteiger partial charge in [-0.2, -0.15) is 0 Å². The van der Waals surface area contributed by atoms with Gasteiger partial charge in [0.25, 0.3) is 0 Å². The van der Waals surface area contributed by atoms with Crippen molar-refractivity contribution in [2.75, 3.05) is 11.1 Å². The highest BCUT2D eigenvalue weighted by Gasteiger charge is 2.28. The van der Waals surface area contributed by atoms with Crippen LogP contribution in [0.25, 0.3) is 0 Å². The normalized spacial score (nSPS) is 16.1. The molecule has 0 saturated carbocycles. The number of anilines is 1. The van der Waals surface area contributed by atoms with Crippen molar-refractivity contribution in [3.63, 3.8) is 0 Å². The molecule has 0 unspecified atom stereocenters. The summed E-state index contributed by atoms with van der Waals surface area (Å²) in [6.45, 7) is 3.63. The van der Waals surface area contributed by atoms with E-state index in [1.165, 1.54) is 11.8 Å². The fraction of sp³-hybridized carbons (Fsp3) is 0.190. The molecule has 150 valence electrons. The minimum absolute atomic E-state index is 0.151. The Hall–Kier alpha value is -2.77. The summed E-state index contributed by atoms with van der Waals surface area (Å²) < 4.78 is 0. The van der Waals surface area contributed by atoms with Gasteiger partial charge in [-0.1, -0.05) is 59.8 Å². The Kier molecular flexibility index (Phi) is 6.61. The van der Waals surface area contributed by atoms with Crippen LogP contribution in [0.2, 0.25) is 5.02 Å². The molecule has 0 fully saturated rings. The van der Waals surface area contributed by atoms with Gasteiger partial charge < -0.3 is 16.4 Å². The number of primary amides is 1. The van der Waals surface area contributed by atoms with E-state index in [9.17, 15) is 9.59 Å². The SMILES string of the molecule is CC1=C(C(N)=O)[C@@H](c2ccccc2)N=C(SCC(=O)Nc2cccc(Cl)c2C)N1. The first-order chi connectivity index (χ1) is 13.9. The molecule has 0 aromatic heterocycles. The van der Waals surface area contributed by atoms with Crippen LogP contribution in [0.15, 0.2) is 64.8 Å². The number of amidine groups is 1. The molecular formula is C21H21ClN4O2S. The largest absolute Gasteiger partial charge is 0.366 e. The van der Waals surface area contributed by atoms with Gasteiger partial charge in [-0.3, -0.25) is 9.59 Å². The molecule has 0 saturated heterocycles. The summed E-state index contributed by atoms with van der Waals surface area (Å²) >= 11 is 7.36. The molecule has 0 radical (unpaired) electrons. The molecule has 1 aliphatic heterocycles. The van der Waals surface area contributed by atoms with Crippen molar-refractivity contribution in [1.29, 1.82) is 0 Å². The summed E-state index contributed by atoms with van der Waals surface area (Å²) in [5.41, 5.74) is 8.98. The molecule has 1 aliphatic rings. The highest BCUT2D eigenvalue weighted by molar-refractivity contribution is 8.14. The zero-order valence-corrected chi connectivity index (χ0v) is 17.6. The fourth-order valence-electron chi connectivity index (χ4n) is 2.98. The Morgan fingerprint density at radius 1 is 1.17 bits per heavy atom. The topological polar surface area (TPSA) is 96.6 Å². The maximum Gasteiger partial charge on any atom is 0.248 e. The number of carbonyl (C=O) groups excluding carboxylic acids is 2. The number of benzene rings is 2. The molecule has 2 aromatic rings. The Balaban J connectivity index is 1.73. The Morgan fingerprint density at radius 2 is 1.90 bits per heavy atom. The molecule has 29 heavy (non-hydrogen) atoms. The number of carbonyl (C=O) groups is 2. The van der Waals surface area contributed by atoms with E-state index in [2.05, 4.69) is 15.6 Å². The third kappa shape index (κ3) is 4.99. The van der Waals surface area contributed by atoms with Gasteiger partial charge in [-0.25, -0.2) is 4.99 Å². The van der Waals surface area contributed by atoms with Crippen LogP contribution < -0.4 is 16.4 Å². The van der Waals surface area contributed by atoms with Crippen LogP contribution in [-0.2, 0) is 9.59 Å². The average molecular weight is 429 g/mol. The first-order valence-electron chi connectivity index (χ1n) is 8.95. The summed E-state index contributed by atoms with van der Waals surface area (Å²) in [5, 5.41) is 7.09. The second kappa shape index (κ2) is 9.15. The predicted octanol–water partition coefficient (Wildman–Crippen LogP) is 3.78. The van der Waals surface area contributed by atoms with Crippen LogP contribution in [0.3, 0.4) is 0 Å². The molecule has 3 rings (SSSR count). The lowest BCUT2D eigenvalue weighted by atomic mass is 9.96. The van der Waals surface area contributed by atoms with Crippen LogP contribution in [0.4, 0.5) is 5.69 Å². The van der Waals surface area contributed by atoms with Crippen molar-refractivity contribution in [3.8, 4) is 0 Å². The Morgan fingerprint density at radius 3 is 2.59 bits per heavy atom. The lowest BCUT2D eigenvalue weighted by Gasteiger charge is -2.25. The van der Waals surface area contributed by atoms with Gasteiger partial charge in [0.05, 0.1) is 11.3 Å². The Labute approximate surface area is 178 Å². The summed E-state index contributed by atoms with van der Waals surface area (Å²) in [4.78, 5) is 29.0. The smallest absolute Gasteiger partial charge is 0.248 e. The van der Waals surface area contributed by atoms with E-state index in [0.717, 1.165) is 11.1 Å². The van der Waals surface area contributed by atoms with Crippen molar-refractivity contribution in [2.24, 2.45) is 10.7 Å². The minimum atomic E-state index is -0.522. The second-order valence-electron chi connectivity index (χ2n) is 6.52. The van der Waals surface area contributed by atoms with E-state index in [0.29, 0.717) is 27.1 Å². The molecule has 4 N–H and O–H groups in total. The van der Waals surface area contributed by atoms with E-state index in [1.807, 2.05) is 37.3 Å². The number of thioether (sulfide) groups is 1. The number of nitrogens with two attached hydrogens (primary N) is 1. The molecule has 1 heterocycles. The van der Waals surface area contributed by atoms with Gasteiger partial charge in [0.2, 0.25) is 11.8 Å². The number of rotatable bonds is 5. The zero-order valence-electron chi connectivity index (χ0n) is 16.0. The number of nitrogens with zero attached hydrogens (tertiary/aromatic N) is 1. The van der Waals surface area contributed by atoms with Gasteiger partial charge in [0.1, 0.15) is 6.04 Å². The molecule has 2 aromatic carbocycles. The molecule has 8 heteroatoms. The van der Waals surface area contributed by atoms with E-state index >= 15 is 0 Å². The molecule has 0 aliphatic carbocycles. The number of amides is 2. The Bertz CT molecular complexity index is 1000. The number of hydrogen-bond acceptors (Lipinski definition) is 5. The number of halogens is 1. The molecule has 1 atom stereocenters. The third-order valence-corrected chi connectivity index (χ3v) is 5.78. The van der Waals surface area contributed by atoms with E-state index in [1.54, 1.807) is 25.1 Å². The maximum absolute atomic E-state index is 12.4. The first kappa shape index (κ1) is 21.0. The van der Waals surface area contributed by atoms with Crippen LogP contribution in [-0.4, -0.2) is 22.7 Å². The van der Waals surface area contributed by atoms with Crippen molar-refractivity contribution < 1.29 is 9.59 Å². The third-order valence-electron chi connectivity index (χ3n) is 4.48. The van der Waals surface area contributed by atoms with Crippen LogP contribution in [0.5, 0.6) is 0 Å². The molecule has 6 nitrogen and oxygen atoms in total. The van der Waals surface area contributed by atoms with Gasteiger partial charge in [0, 0.05) is 16.4 Å². The van der Waals surface area contributed by atoms with E-state index < -0.39 is 11.9 Å². The first-order valence-corrected chi connectivity index (χ1v) is 10.3. The summed E-state index contributed by atoms with van der Waals surface area (Å²) in [6, 6.07) is 14.3. The van der Waals surface area contributed by atoms with Gasteiger partial charge >= 0.3 is 0 Å². The summed E-state index contributed by atoms with van der Waals surface area (Å²) in [5.74, 6) is -0.548. The van der Waals surface area contributed by atoms with Crippen molar-refractivity contribution >= 4 is 46.0 Å². The molecular weight excluding hydrogens is 408 g/mol. The predicted molar refractivity (Wildman–Crippen MR) is 119 cm³/mol. The van der Waals surface area contributed by atoms with Gasteiger partial charge in [0.15, 0.2) is 5.17 Å². The molecule has 0 spiro atoms. The maximum atomic E-state index is 12.4. The summed E-state index contributed by atoms with van der Waals surface area (Å²) in [6.07, 6.45) is 0. The van der Waals surface area contributed by atoms with Crippen LogP contribution in [0, 0.1) is 6.92 Å². The van der Waals surface area contributed by atoms with Crippen LogP contribution >= 0.6 is 23.4 Å². The van der Waals surface area contributed by atoms with Crippen LogP contribution in [0.1, 0.15) is 24.1 Å². The highest BCUT2D eigenvalue weighted by atomic mass is 35.5. The molecule has 2 amide bonds. The van der Waals surface area contributed by atoms with E-state index in [-0.39, 0.29) is 11.7 Å². The van der Waals surface area contributed by atoms with Crippen molar-refractivity contribution in [3.05, 3.63) is 76.0 Å². The molecule has 0 bridgehead atoms. The lowest BCUT2D eigenvalue weighted by Crippen LogP contribution is -2.33. The van der Waals surface area contributed by atoms with Crippen molar-refractivity contribution in [2.45, 2.75) is 19.9 Å². The monoisotopic (exact) mass is 428 g/mol. The second-order valence-corrected chi connectivity index (χ2v) is 7.90. The average Bonchev–Trinajstić information content (AvgIpc) is 2.70. The lowest BCUT2D eigenvalue weighted by molar-refractivity contribution is -0.115. The highest BCUT2D eigenvalue weighted by Crippen LogP contribution is 2.31. The number of hydrogen-bond donors (Lipinski definition) is 3.